The number of nitrogens with zero attached hydrogens (tertiary/aromatic N) is 1. The van der Waals surface area contributed by atoms with Gasteiger partial charge in [-0.05, 0) is 37.1 Å². The van der Waals surface area contributed by atoms with E-state index >= 15 is 0 Å². The van der Waals surface area contributed by atoms with E-state index in [0.29, 0.717) is 5.56 Å². The minimum atomic E-state index is -0.976. The number of carbonyl (C=O) groups is 2. The van der Waals surface area contributed by atoms with E-state index in [0.717, 1.165) is 17.7 Å². The predicted octanol–water partition coefficient (Wildman–Crippen LogP) is 3.80. The highest BCUT2D eigenvalue weighted by molar-refractivity contribution is 5.85. The van der Waals surface area contributed by atoms with Crippen molar-refractivity contribution in [3.63, 3.8) is 0 Å². The first-order valence-electron chi connectivity index (χ1n) is 8.48. The molecule has 0 bridgehead atoms. The summed E-state index contributed by atoms with van der Waals surface area (Å²) < 4.78 is 31.6. The van der Waals surface area contributed by atoms with Gasteiger partial charge in [0.05, 0.1) is 6.04 Å². The van der Waals surface area contributed by atoms with Gasteiger partial charge in [0.2, 0.25) is 5.91 Å². The highest BCUT2D eigenvalue weighted by Gasteiger charge is 2.24. The average Bonchev–Trinajstić information content (AvgIpc) is 2.67. The molecule has 5 nitrogen and oxygen atoms in total. The third-order valence-electron chi connectivity index (χ3n) is 4.27. The molecule has 0 aliphatic heterocycles. The number of alkyl carbamates (subject to hydrolysis) is 1. The number of nitrogens with one attached hydrogen (secondary N) is 1. The lowest BCUT2D eigenvalue weighted by molar-refractivity contribution is -0.133. The molecule has 2 rings (SSSR count). The van der Waals surface area contributed by atoms with Crippen molar-refractivity contribution < 1.29 is 23.1 Å². The van der Waals surface area contributed by atoms with Crippen LogP contribution in [0.3, 0.4) is 0 Å². The van der Waals surface area contributed by atoms with Crippen molar-refractivity contribution in [2.75, 3.05) is 7.05 Å². The fraction of sp³-hybridized carbons (Fsp3) is 0.300. The van der Waals surface area contributed by atoms with Gasteiger partial charge in [-0.2, -0.15) is 0 Å². The summed E-state index contributed by atoms with van der Waals surface area (Å²) in [5.41, 5.74) is 1.28. The van der Waals surface area contributed by atoms with Crippen LogP contribution in [0.15, 0.2) is 48.5 Å². The molecule has 144 valence electrons. The molecule has 0 aliphatic carbocycles. The van der Waals surface area contributed by atoms with E-state index in [1.54, 1.807) is 6.92 Å². The molecule has 2 aromatic carbocycles. The Morgan fingerprint density at radius 3 is 2.37 bits per heavy atom. The third-order valence-corrected chi connectivity index (χ3v) is 4.27. The van der Waals surface area contributed by atoms with E-state index in [9.17, 15) is 18.4 Å². The summed E-state index contributed by atoms with van der Waals surface area (Å²) in [4.78, 5) is 25.7. The van der Waals surface area contributed by atoms with E-state index in [1.165, 1.54) is 24.9 Å². The van der Waals surface area contributed by atoms with Gasteiger partial charge in [0.1, 0.15) is 12.6 Å². The van der Waals surface area contributed by atoms with Crippen LogP contribution in [-0.2, 0) is 16.1 Å². The number of halogens is 2. The molecule has 1 N–H and O–H groups in total. The van der Waals surface area contributed by atoms with Gasteiger partial charge in [0, 0.05) is 7.05 Å². The molecule has 27 heavy (non-hydrogen) atoms. The van der Waals surface area contributed by atoms with Crippen molar-refractivity contribution in [2.45, 2.75) is 32.5 Å². The molecule has 0 aliphatic rings. The molecule has 7 heteroatoms. The first kappa shape index (κ1) is 20.4. The van der Waals surface area contributed by atoms with Gasteiger partial charge >= 0.3 is 6.09 Å². The number of benzene rings is 2. The number of ether oxygens (including phenoxy) is 1. The van der Waals surface area contributed by atoms with Gasteiger partial charge in [-0.3, -0.25) is 4.79 Å². The van der Waals surface area contributed by atoms with E-state index in [4.69, 9.17) is 4.74 Å². The van der Waals surface area contributed by atoms with Gasteiger partial charge in [-0.25, -0.2) is 13.6 Å². The fourth-order valence-corrected chi connectivity index (χ4v) is 2.50. The maximum Gasteiger partial charge on any atom is 0.408 e. The molecule has 2 amide bonds. The van der Waals surface area contributed by atoms with Crippen LogP contribution in [0.25, 0.3) is 0 Å². The second-order valence-corrected chi connectivity index (χ2v) is 6.23. The van der Waals surface area contributed by atoms with Crippen LogP contribution in [0, 0.1) is 11.6 Å². The van der Waals surface area contributed by atoms with E-state index in [-0.39, 0.29) is 12.5 Å². The molecule has 0 saturated carbocycles. The molecule has 0 spiro atoms. The zero-order valence-electron chi connectivity index (χ0n) is 15.4. The second-order valence-electron chi connectivity index (χ2n) is 6.23. The number of amides is 2. The molecule has 0 heterocycles. The third kappa shape index (κ3) is 5.51. The highest BCUT2D eigenvalue weighted by Crippen LogP contribution is 2.21. The number of rotatable bonds is 6. The Labute approximate surface area is 156 Å². The normalized spacial score (nSPS) is 12.8. The number of likely N-dealkylation sites (N-methyl/N-ethyl adjacent to an activating group) is 1. The zero-order valence-corrected chi connectivity index (χ0v) is 15.4. The molecule has 2 atom stereocenters. The van der Waals surface area contributed by atoms with Crippen LogP contribution >= 0.6 is 0 Å². The molecule has 0 saturated heterocycles. The second kappa shape index (κ2) is 9.12. The van der Waals surface area contributed by atoms with Crippen molar-refractivity contribution in [3.05, 3.63) is 71.3 Å². The summed E-state index contributed by atoms with van der Waals surface area (Å²) in [5.74, 6) is -2.31. The first-order chi connectivity index (χ1) is 12.8. The van der Waals surface area contributed by atoms with Gasteiger partial charge in [0.25, 0.3) is 0 Å². The summed E-state index contributed by atoms with van der Waals surface area (Å²) in [6, 6.07) is 11.3. The fourth-order valence-electron chi connectivity index (χ4n) is 2.50. The Kier molecular flexibility index (Phi) is 6.87. The maximum atomic E-state index is 13.4. The average molecular weight is 376 g/mol. The summed E-state index contributed by atoms with van der Waals surface area (Å²) in [5, 5.41) is 2.47. The summed E-state index contributed by atoms with van der Waals surface area (Å²) >= 11 is 0. The summed E-state index contributed by atoms with van der Waals surface area (Å²) in [7, 11) is 1.53. The Morgan fingerprint density at radius 2 is 1.74 bits per heavy atom. The summed E-state index contributed by atoms with van der Waals surface area (Å²) in [6.07, 6.45) is -0.714. The van der Waals surface area contributed by atoms with E-state index < -0.39 is 29.8 Å². The van der Waals surface area contributed by atoms with Gasteiger partial charge in [-0.15, -0.1) is 0 Å². The smallest absolute Gasteiger partial charge is 0.408 e. The van der Waals surface area contributed by atoms with Crippen LogP contribution in [0.4, 0.5) is 13.6 Å². The lowest BCUT2D eigenvalue weighted by Crippen LogP contribution is -2.46. The Morgan fingerprint density at radius 1 is 1.07 bits per heavy atom. The van der Waals surface area contributed by atoms with Crippen LogP contribution in [0.2, 0.25) is 0 Å². The van der Waals surface area contributed by atoms with Crippen molar-refractivity contribution in [3.8, 4) is 0 Å². The van der Waals surface area contributed by atoms with Crippen molar-refractivity contribution in [2.24, 2.45) is 0 Å². The van der Waals surface area contributed by atoms with E-state index in [2.05, 4.69) is 5.32 Å². The SMILES string of the molecule is C[C@H](c1ccc(F)c(F)c1)N(C)C(=O)[C@@H](C)NC(=O)OCc1ccccc1. The first-order valence-corrected chi connectivity index (χ1v) is 8.48. The van der Waals surface area contributed by atoms with Gasteiger partial charge < -0.3 is 15.0 Å². The van der Waals surface area contributed by atoms with Crippen LogP contribution in [0.1, 0.15) is 31.0 Å². The van der Waals surface area contributed by atoms with Gasteiger partial charge in [0.15, 0.2) is 11.6 Å². The van der Waals surface area contributed by atoms with Crippen LogP contribution in [-0.4, -0.2) is 30.0 Å². The lowest BCUT2D eigenvalue weighted by atomic mass is 10.1. The number of hydrogen-bond acceptors (Lipinski definition) is 3. The van der Waals surface area contributed by atoms with Crippen LogP contribution in [0.5, 0.6) is 0 Å². The molecular weight excluding hydrogens is 354 g/mol. The predicted molar refractivity (Wildman–Crippen MR) is 96.8 cm³/mol. The Bertz CT molecular complexity index is 799. The van der Waals surface area contributed by atoms with Crippen molar-refractivity contribution in [1.29, 1.82) is 0 Å². The zero-order chi connectivity index (χ0) is 20.0. The molecule has 0 unspecified atom stereocenters. The highest BCUT2D eigenvalue weighted by atomic mass is 19.2. The number of hydrogen-bond donors (Lipinski definition) is 1. The van der Waals surface area contributed by atoms with Gasteiger partial charge in [-0.1, -0.05) is 36.4 Å². The Balaban J connectivity index is 1.90. The maximum absolute atomic E-state index is 13.4. The number of carbonyl (C=O) groups excluding carboxylic acids is 2. The topological polar surface area (TPSA) is 58.6 Å². The monoisotopic (exact) mass is 376 g/mol. The molecule has 0 radical (unpaired) electrons. The minimum Gasteiger partial charge on any atom is -0.445 e. The minimum absolute atomic E-state index is 0.0919. The lowest BCUT2D eigenvalue weighted by Gasteiger charge is -2.28. The molecule has 0 fully saturated rings. The van der Waals surface area contributed by atoms with Crippen molar-refractivity contribution >= 4 is 12.0 Å². The molecule has 0 aromatic heterocycles. The van der Waals surface area contributed by atoms with E-state index in [1.807, 2.05) is 30.3 Å². The standard InChI is InChI=1S/C20H22F2N2O3/c1-13(23-20(26)27-12-15-7-5-4-6-8-15)19(25)24(3)14(2)16-9-10-17(21)18(22)11-16/h4-11,13-14H,12H2,1-3H3,(H,23,26)/t13-,14-/m1/s1. The van der Waals surface area contributed by atoms with Crippen molar-refractivity contribution in [1.82, 2.24) is 10.2 Å². The molecular formula is C20H22F2N2O3. The Hall–Kier alpha value is -2.96. The molecule has 2 aromatic rings. The van der Waals surface area contributed by atoms with Crippen LogP contribution < -0.4 is 5.32 Å². The summed E-state index contributed by atoms with van der Waals surface area (Å²) in [6.45, 7) is 3.31. The largest absolute Gasteiger partial charge is 0.445 e. The quantitative estimate of drug-likeness (QED) is 0.834.